The molecule has 0 amide bonds. The SMILES string of the molecule is O=C(O)C1CCCN1Cc1csc(-c2ccc(F)cc2)n1. The van der Waals surface area contributed by atoms with Crippen LogP contribution in [0, 0.1) is 5.82 Å². The number of carbonyl (C=O) groups is 1. The Kier molecular flexibility index (Phi) is 3.98. The lowest BCUT2D eigenvalue weighted by atomic mass is 10.2. The number of aromatic nitrogens is 1. The molecule has 4 nitrogen and oxygen atoms in total. The van der Waals surface area contributed by atoms with Crippen LogP contribution in [0.5, 0.6) is 0 Å². The number of rotatable bonds is 4. The molecule has 1 atom stereocenters. The van der Waals surface area contributed by atoms with Crippen LogP contribution in [0.1, 0.15) is 18.5 Å². The quantitative estimate of drug-likeness (QED) is 0.943. The molecule has 3 rings (SSSR count). The molecule has 1 unspecified atom stereocenters. The molecule has 0 spiro atoms. The zero-order valence-corrected chi connectivity index (χ0v) is 12.1. The predicted molar refractivity (Wildman–Crippen MR) is 78.6 cm³/mol. The van der Waals surface area contributed by atoms with E-state index in [2.05, 4.69) is 4.98 Å². The Labute approximate surface area is 125 Å². The summed E-state index contributed by atoms with van der Waals surface area (Å²) >= 11 is 1.49. The van der Waals surface area contributed by atoms with E-state index in [4.69, 9.17) is 0 Å². The number of likely N-dealkylation sites (tertiary alicyclic amines) is 1. The molecule has 1 saturated heterocycles. The number of hydrogen-bond donors (Lipinski definition) is 1. The van der Waals surface area contributed by atoms with Crippen LogP contribution in [0.25, 0.3) is 10.6 Å². The molecular weight excluding hydrogens is 291 g/mol. The van der Waals surface area contributed by atoms with Gasteiger partial charge in [-0.2, -0.15) is 0 Å². The first-order chi connectivity index (χ1) is 10.1. The molecule has 0 saturated carbocycles. The van der Waals surface area contributed by atoms with Gasteiger partial charge in [-0.15, -0.1) is 11.3 Å². The van der Waals surface area contributed by atoms with Crippen LogP contribution < -0.4 is 0 Å². The minimum atomic E-state index is -0.763. The molecular formula is C15H15FN2O2S. The second-order valence-corrected chi connectivity index (χ2v) is 5.98. The molecule has 0 aliphatic carbocycles. The van der Waals surface area contributed by atoms with Gasteiger partial charge in [0.15, 0.2) is 0 Å². The lowest BCUT2D eigenvalue weighted by Gasteiger charge is -2.19. The van der Waals surface area contributed by atoms with Crippen molar-refractivity contribution in [3.05, 3.63) is 41.2 Å². The Morgan fingerprint density at radius 3 is 2.90 bits per heavy atom. The second-order valence-electron chi connectivity index (χ2n) is 5.12. The lowest BCUT2D eigenvalue weighted by Crippen LogP contribution is -2.35. The Morgan fingerprint density at radius 1 is 1.43 bits per heavy atom. The van der Waals surface area contributed by atoms with Crippen molar-refractivity contribution in [1.82, 2.24) is 9.88 Å². The second kappa shape index (κ2) is 5.91. The first kappa shape index (κ1) is 14.2. The van der Waals surface area contributed by atoms with Crippen LogP contribution in [0.2, 0.25) is 0 Å². The van der Waals surface area contributed by atoms with Crippen molar-refractivity contribution in [2.45, 2.75) is 25.4 Å². The molecule has 1 aromatic heterocycles. The van der Waals surface area contributed by atoms with Crippen LogP contribution in [0.3, 0.4) is 0 Å². The van der Waals surface area contributed by atoms with Crippen molar-refractivity contribution >= 4 is 17.3 Å². The standard InChI is InChI=1S/C15H15FN2O2S/c16-11-5-3-10(4-6-11)14-17-12(9-21-14)8-18-7-1-2-13(18)15(19)20/h3-6,9,13H,1-2,7-8H2,(H,19,20). The first-order valence-corrected chi connectivity index (χ1v) is 7.68. The van der Waals surface area contributed by atoms with Gasteiger partial charge in [-0.3, -0.25) is 9.69 Å². The summed E-state index contributed by atoms with van der Waals surface area (Å²) in [7, 11) is 0. The van der Waals surface area contributed by atoms with Crippen molar-refractivity contribution in [2.24, 2.45) is 0 Å². The topological polar surface area (TPSA) is 53.4 Å². The Morgan fingerprint density at radius 2 is 2.19 bits per heavy atom. The number of carboxylic acid groups (broad SMARTS) is 1. The maximum atomic E-state index is 12.9. The number of aliphatic carboxylic acids is 1. The van der Waals surface area contributed by atoms with E-state index in [0.29, 0.717) is 13.0 Å². The average Bonchev–Trinajstić information content (AvgIpc) is 3.09. The first-order valence-electron chi connectivity index (χ1n) is 6.80. The van der Waals surface area contributed by atoms with Gasteiger partial charge in [0.2, 0.25) is 0 Å². The van der Waals surface area contributed by atoms with Gasteiger partial charge in [0.25, 0.3) is 0 Å². The summed E-state index contributed by atoms with van der Waals surface area (Å²) in [4.78, 5) is 17.6. The number of nitrogens with zero attached hydrogens (tertiary/aromatic N) is 2. The van der Waals surface area contributed by atoms with Crippen LogP contribution in [0.15, 0.2) is 29.6 Å². The predicted octanol–water partition coefficient (Wildman–Crippen LogP) is 3.00. The molecule has 6 heteroatoms. The van der Waals surface area contributed by atoms with Gasteiger partial charge in [0, 0.05) is 17.5 Å². The number of benzene rings is 1. The van der Waals surface area contributed by atoms with Gasteiger partial charge in [0.1, 0.15) is 16.9 Å². The van der Waals surface area contributed by atoms with E-state index in [1.807, 2.05) is 10.3 Å². The van der Waals surface area contributed by atoms with Crippen molar-refractivity contribution in [2.75, 3.05) is 6.54 Å². The zero-order chi connectivity index (χ0) is 14.8. The van der Waals surface area contributed by atoms with Crippen molar-refractivity contribution in [1.29, 1.82) is 0 Å². The molecule has 0 radical (unpaired) electrons. The summed E-state index contributed by atoms with van der Waals surface area (Å²) in [5, 5.41) is 11.9. The van der Waals surface area contributed by atoms with E-state index in [0.717, 1.165) is 29.2 Å². The highest BCUT2D eigenvalue weighted by molar-refractivity contribution is 7.13. The maximum absolute atomic E-state index is 12.9. The van der Waals surface area contributed by atoms with Gasteiger partial charge in [-0.1, -0.05) is 0 Å². The molecule has 110 valence electrons. The van der Waals surface area contributed by atoms with Crippen molar-refractivity contribution in [3.63, 3.8) is 0 Å². The lowest BCUT2D eigenvalue weighted by molar-refractivity contribution is -0.142. The summed E-state index contributed by atoms with van der Waals surface area (Å²) in [5.41, 5.74) is 1.75. The van der Waals surface area contributed by atoms with Gasteiger partial charge in [0.05, 0.1) is 5.69 Å². The smallest absolute Gasteiger partial charge is 0.320 e. The van der Waals surface area contributed by atoms with Gasteiger partial charge >= 0.3 is 5.97 Å². The summed E-state index contributed by atoms with van der Waals surface area (Å²) in [6.45, 7) is 1.34. The molecule has 0 bridgehead atoms. The van der Waals surface area contributed by atoms with Gasteiger partial charge in [-0.05, 0) is 43.7 Å². The minimum absolute atomic E-state index is 0.267. The third-order valence-corrected chi connectivity index (χ3v) is 4.60. The van der Waals surface area contributed by atoms with E-state index in [9.17, 15) is 14.3 Å². The van der Waals surface area contributed by atoms with Crippen LogP contribution >= 0.6 is 11.3 Å². The van der Waals surface area contributed by atoms with Crippen molar-refractivity contribution in [3.8, 4) is 10.6 Å². The summed E-state index contributed by atoms with van der Waals surface area (Å²) < 4.78 is 12.9. The van der Waals surface area contributed by atoms with Crippen LogP contribution in [-0.4, -0.2) is 33.5 Å². The van der Waals surface area contributed by atoms with Gasteiger partial charge < -0.3 is 5.11 Å². The summed E-state index contributed by atoms with van der Waals surface area (Å²) in [6, 6.07) is 5.83. The van der Waals surface area contributed by atoms with E-state index in [1.165, 1.54) is 23.5 Å². The zero-order valence-electron chi connectivity index (χ0n) is 11.3. The average molecular weight is 306 g/mol. The third-order valence-electron chi connectivity index (χ3n) is 3.66. The number of halogens is 1. The molecule has 21 heavy (non-hydrogen) atoms. The monoisotopic (exact) mass is 306 g/mol. The fraction of sp³-hybridized carbons (Fsp3) is 0.333. The highest BCUT2D eigenvalue weighted by Crippen LogP contribution is 2.26. The van der Waals surface area contributed by atoms with Crippen LogP contribution in [0.4, 0.5) is 4.39 Å². The molecule has 1 aliphatic rings. The molecule has 2 heterocycles. The highest BCUT2D eigenvalue weighted by Gasteiger charge is 2.30. The van der Waals surface area contributed by atoms with E-state index in [-0.39, 0.29) is 5.82 Å². The van der Waals surface area contributed by atoms with Crippen molar-refractivity contribution < 1.29 is 14.3 Å². The number of thiazole rings is 1. The number of carboxylic acids is 1. The van der Waals surface area contributed by atoms with Crippen LogP contribution in [-0.2, 0) is 11.3 Å². The molecule has 1 aromatic carbocycles. The Hall–Kier alpha value is -1.79. The summed E-state index contributed by atoms with van der Waals surface area (Å²) in [6.07, 6.45) is 1.61. The maximum Gasteiger partial charge on any atom is 0.320 e. The largest absolute Gasteiger partial charge is 0.480 e. The molecule has 1 fully saturated rings. The fourth-order valence-corrected chi connectivity index (χ4v) is 3.42. The number of hydrogen-bond acceptors (Lipinski definition) is 4. The molecule has 2 aromatic rings. The molecule has 1 aliphatic heterocycles. The highest BCUT2D eigenvalue weighted by atomic mass is 32.1. The third kappa shape index (κ3) is 3.11. The normalized spacial score (nSPS) is 19.0. The van der Waals surface area contributed by atoms with E-state index < -0.39 is 12.0 Å². The fourth-order valence-electron chi connectivity index (χ4n) is 2.61. The minimum Gasteiger partial charge on any atom is -0.480 e. The van der Waals surface area contributed by atoms with Gasteiger partial charge in [-0.25, -0.2) is 9.37 Å². The summed E-state index contributed by atoms with van der Waals surface area (Å²) in [5.74, 6) is -1.03. The Balaban J connectivity index is 1.73. The van der Waals surface area contributed by atoms with E-state index >= 15 is 0 Å². The molecule has 1 N–H and O–H groups in total. The van der Waals surface area contributed by atoms with E-state index in [1.54, 1.807) is 12.1 Å². The Bertz CT molecular complexity index is 641.